The molecule has 0 atom stereocenters. The van der Waals surface area contributed by atoms with Crippen molar-refractivity contribution in [3.63, 3.8) is 0 Å². The van der Waals surface area contributed by atoms with Gasteiger partial charge in [0.1, 0.15) is 5.75 Å². The first kappa shape index (κ1) is 16.5. The van der Waals surface area contributed by atoms with E-state index in [0.717, 1.165) is 0 Å². The molecule has 2 aromatic rings. The van der Waals surface area contributed by atoms with Crippen molar-refractivity contribution in [1.82, 2.24) is 4.98 Å². The number of amides is 1. The van der Waals surface area contributed by atoms with Crippen molar-refractivity contribution < 1.29 is 27.5 Å². The Morgan fingerprint density at radius 2 is 1.87 bits per heavy atom. The van der Waals surface area contributed by atoms with Gasteiger partial charge < -0.3 is 10.5 Å². The number of halogens is 3. The fourth-order valence-electron chi connectivity index (χ4n) is 1.89. The molecule has 0 aliphatic rings. The zero-order chi connectivity index (χ0) is 17.0. The summed E-state index contributed by atoms with van der Waals surface area (Å²) in [4.78, 5) is 26.5. The number of benzene rings is 1. The lowest BCUT2D eigenvalue weighted by Crippen LogP contribution is -2.29. The SMILES string of the molecule is NC(=O)c1cccc(Cc2ccccn2)c1OC(=O)C(F)(F)F. The molecule has 0 spiro atoms. The van der Waals surface area contributed by atoms with Crippen molar-refractivity contribution >= 4 is 11.9 Å². The van der Waals surface area contributed by atoms with E-state index in [1.165, 1.54) is 24.4 Å². The monoisotopic (exact) mass is 324 g/mol. The molecule has 2 N–H and O–H groups in total. The summed E-state index contributed by atoms with van der Waals surface area (Å²) in [6.45, 7) is 0. The summed E-state index contributed by atoms with van der Waals surface area (Å²) in [5.74, 6) is -3.93. The predicted octanol–water partition coefficient (Wildman–Crippen LogP) is 2.24. The summed E-state index contributed by atoms with van der Waals surface area (Å²) in [6.07, 6.45) is -3.61. The van der Waals surface area contributed by atoms with Crippen molar-refractivity contribution in [1.29, 1.82) is 0 Å². The van der Waals surface area contributed by atoms with E-state index < -0.39 is 23.8 Å². The predicted molar refractivity (Wildman–Crippen MR) is 73.7 cm³/mol. The van der Waals surface area contributed by atoms with E-state index in [2.05, 4.69) is 9.72 Å². The number of hydrogen-bond donors (Lipinski definition) is 1. The number of nitrogens with two attached hydrogens (primary N) is 1. The number of para-hydroxylation sites is 1. The van der Waals surface area contributed by atoms with Crippen LogP contribution in [0, 0.1) is 0 Å². The molecular formula is C15H11F3N2O3. The Kier molecular flexibility index (Phi) is 4.63. The van der Waals surface area contributed by atoms with Gasteiger partial charge in [-0.05, 0) is 18.2 Å². The second kappa shape index (κ2) is 6.47. The maximum atomic E-state index is 12.4. The molecule has 0 bridgehead atoms. The van der Waals surface area contributed by atoms with Gasteiger partial charge in [-0.2, -0.15) is 13.2 Å². The molecule has 1 amide bonds. The van der Waals surface area contributed by atoms with Gasteiger partial charge in [-0.1, -0.05) is 18.2 Å². The molecule has 120 valence electrons. The first-order valence-electron chi connectivity index (χ1n) is 6.39. The smallest absolute Gasteiger partial charge is 0.419 e. The summed E-state index contributed by atoms with van der Waals surface area (Å²) in [6, 6.07) is 9.06. The molecule has 0 saturated carbocycles. The van der Waals surface area contributed by atoms with Crippen LogP contribution in [-0.4, -0.2) is 23.0 Å². The Bertz CT molecular complexity index is 730. The second-order valence-electron chi connectivity index (χ2n) is 4.54. The average molecular weight is 324 g/mol. The molecule has 0 saturated heterocycles. The fourth-order valence-corrected chi connectivity index (χ4v) is 1.89. The number of carbonyl (C=O) groups is 2. The lowest BCUT2D eigenvalue weighted by atomic mass is 10.0. The quantitative estimate of drug-likeness (QED) is 0.691. The number of nitrogens with zero attached hydrogens (tertiary/aromatic N) is 1. The van der Waals surface area contributed by atoms with E-state index in [1.54, 1.807) is 18.2 Å². The van der Waals surface area contributed by atoms with Crippen LogP contribution in [0.1, 0.15) is 21.6 Å². The highest BCUT2D eigenvalue weighted by atomic mass is 19.4. The minimum atomic E-state index is -5.19. The Morgan fingerprint density at radius 3 is 2.43 bits per heavy atom. The Balaban J connectivity index is 2.43. The van der Waals surface area contributed by atoms with Gasteiger partial charge in [0.05, 0.1) is 5.56 Å². The van der Waals surface area contributed by atoms with E-state index >= 15 is 0 Å². The number of ether oxygens (including phenoxy) is 1. The number of rotatable bonds is 4. The van der Waals surface area contributed by atoms with Gasteiger partial charge in [-0.25, -0.2) is 4.79 Å². The molecule has 23 heavy (non-hydrogen) atoms. The number of primary amides is 1. The van der Waals surface area contributed by atoms with Crippen LogP contribution < -0.4 is 10.5 Å². The minimum Gasteiger partial charge on any atom is -0.419 e. The number of aromatic nitrogens is 1. The van der Waals surface area contributed by atoms with E-state index in [4.69, 9.17) is 5.73 Å². The Morgan fingerprint density at radius 1 is 1.13 bits per heavy atom. The second-order valence-corrected chi connectivity index (χ2v) is 4.54. The summed E-state index contributed by atoms with van der Waals surface area (Å²) < 4.78 is 41.7. The highest BCUT2D eigenvalue weighted by molar-refractivity contribution is 5.97. The number of alkyl halides is 3. The lowest BCUT2D eigenvalue weighted by Gasteiger charge is -2.14. The van der Waals surface area contributed by atoms with E-state index in [9.17, 15) is 22.8 Å². The molecule has 8 heteroatoms. The molecule has 0 aliphatic carbocycles. The van der Waals surface area contributed by atoms with Gasteiger partial charge in [-0.3, -0.25) is 9.78 Å². The maximum Gasteiger partial charge on any atom is 0.491 e. The molecule has 1 aromatic carbocycles. The zero-order valence-corrected chi connectivity index (χ0v) is 11.6. The summed E-state index contributed by atoms with van der Waals surface area (Å²) in [7, 11) is 0. The maximum absolute atomic E-state index is 12.4. The van der Waals surface area contributed by atoms with Crippen molar-refractivity contribution in [3.8, 4) is 5.75 Å². The third-order valence-corrected chi connectivity index (χ3v) is 2.89. The summed E-state index contributed by atoms with van der Waals surface area (Å²) in [5.41, 5.74) is 5.54. The minimum absolute atomic E-state index is 0.0719. The van der Waals surface area contributed by atoms with Gasteiger partial charge in [0.15, 0.2) is 0 Å². The normalized spacial score (nSPS) is 11.1. The van der Waals surface area contributed by atoms with Crippen LogP contribution in [0.2, 0.25) is 0 Å². The topological polar surface area (TPSA) is 82.3 Å². The number of hydrogen-bond acceptors (Lipinski definition) is 4. The standard InChI is InChI=1S/C15H11F3N2O3/c16-15(17,18)14(22)23-12-9(4-3-6-11(12)13(19)21)8-10-5-1-2-7-20-10/h1-7H,8H2,(H2,19,21). The zero-order valence-electron chi connectivity index (χ0n) is 11.6. The van der Waals surface area contributed by atoms with Gasteiger partial charge in [0.25, 0.3) is 5.91 Å². The molecule has 0 unspecified atom stereocenters. The molecular weight excluding hydrogens is 313 g/mol. The fraction of sp³-hybridized carbons (Fsp3) is 0.133. The van der Waals surface area contributed by atoms with Crippen molar-refractivity contribution in [3.05, 3.63) is 59.4 Å². The molecule has 2 rings (SSSR count). The van der Waals surface area contributed by atoms with Crippen molar-refractivity contribution in [2.45, 2.75) is 12.6 Å². The number of esters is 1. The van der Waals surface area contributed by atoms with Crippen LogP contribution in [0.3, 0.4) is 0 Å². The molecule has 1 aromatic heterocycles. The Hall–Kier alpha value is -2.90. The Labute approximate surface area is 128 Å². The van der Waals surface area contributed by atoms with Crippen molar-refractivity contribution in [2.75, 3.05) is 0 Å². The average Bonchev–Trinajstić information content (AvgIpc) is 2.48. The van der Waals surface area contributed by atoms with Crippen LogP contribution in [-0.2, 0) is 11.2 Å². The van der Waals surface area contributed by atoms with Gasteiger partial charge in [0.2, 0.25) is 0 Å². The van der Waals surface area contributed by atoms with E-state index in [-0.39, 0.29) is 17.5 Å². The van der Waals surface area contributed by atoms with Crippen molar-refractivity contribution in [2.24, 2.45) is 5.73 Å². The number of pyridine rings is 1. The highest BCUT2D eigenvalue weighted by Gasteiger charge is 2.42. The largest absolute Gasteiger partial charge is 0.491 e. The van der Waals surface area contributed by atoms with Crippen LogP contribution in [0.5, 0.6) is 5.75 Å². The third kappa shape index (κ3) is 4.06. The summed E-state index contributed by atoms with van der Waals surface area (Å²) in [5, 5.41) is 0. The first-order chi connectivity index (χ1) is 10.8. The van der Waals surface area contributed by atoms with Crippen LogP contribution in [0.15, 0.2) is 42.6 Å². The number of carbonyl (C=O) groups excluding carboxylic acids is 2. The van der Waals surface area contributed by atoms with Gasteiger partial charge in [-0.15, -0.1) is 0 Å². The van der Waals surface area contributed by atoms with E-state index in [1.807, 2.05) is 0 Å². The molecule has 5 nitrogen and oxygen atoms in total. The van der Waals surface area contributed by atoms with Crippen LogP contribution in [0.4, 0.5) is 13.2 Å². The van der Waals surface area contributed by atoms with Crippen LogP contribution in [0.25, 0.3) is 0 Å². The van der Waals surface area contributed by atoms with Gasteiger partial charge >= 0.3 is 12.1 Å². The molecule has 0 fully saturated rings. The van der Waals surface area contributed by atoms with Gasteiger partial charge in [0, 0.05) is 23.9 Å². The molecule has 0 radical (unpaired) electrons. The highest BCUT2D eigenvalue weighted by Crippen LogP contribution is 2.28. The first-order valence-corrected chi connectivity index (χ1v) is 6.39. The lowest BCUT2D eigenvalue weighted by molar-refractivity contribution is -0.189. The summed E-state index contributed by atoms with van der Waals surface area (Å²) >= 11 is 0. The van der Waals surface area contributed by atoms with E-state index in [0.29, 0.717) is 5.69 Å². The third-order valence-electron chi connectivity index (χ3n) is 2.89. The van der Waals surface area contributed by atoms with Crippen LogP contribution >= 0.6 is 0 Å². The molecule has 1 heterocycles. The molecule has 0 aliphatic heterocycles.